The highest BCUT2D eigenvalue weighted by molar-refractivity contribution is 5.87. The summed E-state index contributed by atoms with van der Waals surface area (Å²) in [4.78, 5) is 56.2. The van der Waals surface area contributed by atoms with Gasteiger partial charge in [-0.25, -0.2) is 4.39 Å². The molecule has 2 rings (SSSR count). The molecule has 1 saturated heterocycles. The number of methoxy groups -OCH3 is 2. The Hall–Kier alpha value is -3.13. The third-order valence-corrected chi connectivity index (χ3v) is 9.96. The molecule has 1 aliphatic heterocycles. The third kappa shape index (κ3) is 11.2. The van der Waals surface area contributed by atoms with Crippen LogP contribution in [0.25, 0.3) is 0 Å². The Kier molecular flexibility index (Phi) is 17.1. The van der Waals surface area contributed by atoms with Crippen LogP contribution in [-0.4, -0.2) is 122 Å². The molecule has 0 bridgehead atoms. The molecule has 4 amide bonds. The fourth-order valence-corrected chi connectivity index (χ4v) is 6.83. The zero-order valence-corrected chi connectivity index (χ0v) is 30.9. The van der Waals surface area contributed by atoms with E-state index in [0.717, 1.165) is 0 Å². The minimum Gasteiger partial charge on any atom is -0.386 e. The fourth-order valence-electron chi connectivity index (χ4n) is 6.83. The molecule has 278 valence electrons. The summed E-state index contributed by atoms with van der Waals surface area (Å²) in [6, 6.07) is 6.69. The van der Waals surface area contributed by atoms with Crippen molar-refractivity contribution in [3.8, 4) is 0 Å². The monoisotopic (exact) mass is 693 g/mol. The average molecular weight is 694 g/mol. The van der Waals surface area contributed by atoms with Gasteiger partial charge in [-0.1, -0.05) is 71.4 Å². The highest BCUT2D eigenvalue weighted by atomic mass is 19.1. The fraction of sp³-hybridized carbons (Fsp3) is 0.722. The summed E-state index contributed by atoms with van der Waals surface area (Å²) in [7, 11) is 6.23. The topological polar surface area (TPSA) is 150 Å². The predicted molar refractivity (Wildman–Crippen MR) is 186 cm³/mol. The molecule has 10 unspecified atom stereocenters. The largest absolute Gasteiger partial charge is 0.386 e. The minimum absolute atomic E-state index is 0.00141. The molecule has 0 spiro atoms. The molecule has 13 heteroatoms. The van der Waals surface area contributed by atoms with Gasteiger partial charge in [-0.05, 0) is 31.4 Å². The van der Waals surface area contributed by atoms with Gasteiger partial charge < -0.3 is 40.3 Å². The highest BCUT2D eigenvalue weighted by Gasteiger charge is 2.45. The first-order valence-corrected chi connectivity index (χ1v) is 17.4. The number of nitrogens with one attached hydrogen (secondary N) is 3. The van der Waals surface area contributed by atoms with E-state index >= 15 is 4.39 Å². The molecule has 0 aliphatic carbocycles. The molecule has 0 saturated carbocycles. The van der Waals surface area contributed by atoms with Crippen LogP contribution in [0.3, 0.4) is 0 Å². The van der Waals surface area contributed by atoms with Gasteiger partial charge in [0.2, 0.25) is 23.6 Å². The van der Waals surface area contributed by atoms with Crippen LogP contribution in [-0.2, 0) is 28.7 Å². The van der Waals surface area contributed by atoms with Crippen LogP contribution >= 0.6 is 0 Å². The maximum absolute atomic E-state index is 15.0. The molecule has 12 nitrogen and oxygen atoms in total. The highest BCUT2D eigenvalue weighted by Crippen LogP contribution is 2.31. The minimum atomic E-state index is -1.31. The first-order chi connectivity index (χ1) is 23.1. The number of likely N-dealkylation sites (tertiary alicyclic amines) is 1. The number of nitrogens with zero attached hydrogens (tertiary/aromatic N) is 2. The van der Waals surface area contributed by atoms with Gasteiger partial charge in [0.05, 0.1) is 67.9 Å². The van der Waals surface area contributed by atoms with Crippen molar-refractivity contribution in [1.82, 2.24) is 25.8 Å². The van der Waals surface area contributed by atoms with Gasteiger partial charge in [0.15, 0.2) is 0 Å². The van der Waals surface area contributed by atoms with Crippen LogP contribution in [0.4, 0.5) is 4.39 Å². The lowest BCUT2D eigenvalue weighted by molar-refractivity contribution is -0.146. The molecule has 10 atom stereocenters. The SMILES string of the molecule is CCC(C)C(C(CC(=O)N1CC(F)CC1C(OC)C(C)C(=O)NC(C)C(O)c1ccccc1)OC)N(C)C(=O)CNC(=O)C(NC)C(C)C. The van der Waals surface area contributed by atoms with E-state index in [9.17, 15) is 24.3 Å². The van der Waals surface area contributed by atoms with Crippen LogP contribution in [0, 0.1) is 17.8 Å². The Morgan fingerprint density at radius 1 is 1.04 bits per heavy atom. The molecule has 49 heavy (non-hydrogen) atoms. The van der Waals surface area contributed by atoms with E-state index in [-0.39, 0.29) is 55.5 Å². The van der Waals surface area contributed by atoms with Crippen molar-refractivity contribution >= 4 is 23.6 Å². The lowest BCUT2D eigenvalue weighted by atomic mass is 9.90. The second-order valence-corrected chi connectivity index (χ2v) is 13.7. The van der Waals surface area contributed by atoms with E-state index in [0.29, 0.717) is 12.0 Å². The molecule has 1 aromatic carbocycles. The smallest absolute Gasteiger partial charge is 0.242 e. The number of amides is 4. The van der Waals surface area contributed by atoms with Crippen LogP contribution in [0.2, 0.25) is 0 Å². The number of aliphatic hydroxyl groups excluding tert-OH is 1. The van der Waals surface area contributed by atoms with Crippen molar-refractivity contribution in [2.24, 2.45) is 17.8 Å². The first kappa shape index (κ1) is 42.0. The lowest BCUT2D eigenvalue weighted by Crippen LogP contribution is -2.55. The number of likely N-dealkylation sites (N-methyl/N-ethyl adjacent to an activating group) is 2. The maximum Gasteiger partial charge on any atom is 0.242 e. The van der Waals surface area contributed by atoms with Crippen molar-refractivity contribution in [2.45, 2.75) is 109 Å². The van der Waals surface area contributed by atoms with Gasteiger partial charge in [0.25, 0.3) is 0 Å². The maximum atomic E-state index is 15.0. The number of hydrogen-bond donors (Lipinski definition) is 4. The van der Waals surface area contributed by atoms with Gasteiger partial charge in [0, 0.05) is 27.7 Å². The summed E-state index contributed by atoms with van der Waals surface area (Å²) in [5.74, 6) is -2.21. The number of carbonyl (C=O) groups excluding carboxylic acids is 4. The summed E-state index contributed by atoms with van der Waals surface area (Å²) >= 11 is 0. The summed E-state index contributed by atoms with van der Waals surface area (Å²) in [6.45, 7) is 10.8. The molecule has 4 N–H and O–H groups in total. The molecule has 0 radical (unpaired) electrons. The number of ether oxygens (including phenoxy) is 2. The van der Waals surface area contributed by atoms with Crippen molar-refractivity contribution in [3.05, 3.63) is 35.9 Å². The second-order valence-electron chi connectivity index (χ2n) is 13.7. The normalized spacial score (nSPS) is 21.2. The van der Waals surface area contributed by atoms with Gasteiger partial charge in [0.1, 0.15) is 6.17 Å². The number of alkyl halides is 1. The number of benzene rings is 1. The summed E-state index contributed by atoms with van der Waals surface area (Å²) in [6.07, 6.45) is -3.25. The van der Waals surface area contributed by atoms with Crippen molar-refractivity contribution in [2.75, 3.05) is 41.4 Å². The van der Waals surface area contributed by atoms with E-state index in [4.69, 9.17) is 9.47 Å². The van der Waals surface area contributed by atoms with Gasteiger partial charge >= 0.3 is 0 Å². The van der Waals surface area contributed by atoms with Gasteiger partial charge in [-0.2, -0.15) is 0 Å². The molecule has 0 aromatic heterocycles. The summed E-state index contributed by atoms with van der Waals surface area (Å²) in [5, 5.41) is 19.3. The molecule has 1 aromatic rings. The Morgan fingerprint density at radius 3 is 2.20 bits per heavy atom. The molecular formula is C36H60FN5O7. The van der Waals surface area contributed by atoms with E-state index in [1.807, 2.05) is 33.8 Å². The lowest BCUT2D eigenvalue weighted by Gasteiger charge is -2.39. The molecule has 1 aliphatic rings. The van der Waals surface area contributed by atoms with Crippen LogP contribution in [0.15, 0.2) is 30.3 Å². The Bertz CT molecular complexity index is 1210. The molecule has 1 heterocycles. The summed E-state index contributed by atoms with van der Waals surface area (Å²) < 4.78 is 26.6. The predicted octanol–water partition coefficient (Wildman–Crippen LogP) is 2.45. The zero-order valence-electron chi connectivity index (χ0n) is 30.9. The molecular weight excluding hydrogens is 633 g/mol. The van der Waals surface area contributed by atoms with Crippen molar-refractivity contribution in [3.63, 3.8) is 0 Å². The first-order valence-electron chi connectivity index (χ1n) is 17.4. The van der Waals surface area contributed by atoms with E-state index < -0.39 is 60.5 Å². The second kappa shape index (κ2) is 19.9. The van der Waals surface area contributed by atoms with Crippen LogP contribution < -0.4 is 16.0 Å². The standard InChI is InChI=1S/C36H60FN5O7/c1-11-22(4)32(41(8)30(44)19-39-36(47)31(38-7)21(2)3)28(48-9)18-29(43)42-20-26(37)17-27(42)34(49-10)23(5)35(46)40-24(6)33(45)25-15-13-12-14-16-25/h12-16,21-24,26-28,31-34,38,45H,11,17-20H2,1-10H3,(H,39,47)(H,40,46). The van der Waals surface area contributed by atoms with Crippen LogP contribution in [0.5, 0.6) is 0 Å². The number of rotatable bonds is 19. The Labute approximate surface area is 291 Å². The third-order valence-electron chi connectivity index (χ3n) is 9.96. The number of hydrogen-bond acceptors (Lipinski definition) is 8. The van der Waals surface area contributed by atoms with Gasteiger partial charge in [-0.15, -0.1) is 0 Å². The van der Waals surface area contributed by atoms with Crippen molar-refractivity contribution in [1.29, 1.82) is 0 Å². The van der Waals surface area contributed by atoms with E-state index in [2.05, 4.69) is 16.0 Å². The number of aliphatic hydroxyl groups is 1. The van der Waals surface area contributed by atoms with Crippen LogP contribution in [0.1, 0.15) is 72.5 Å². The van der Waals surface area contributed by atoms with Crippen molar-refractivity contribution < 1.29 is 38.1 Å². The Balaban J connectivity index is 2.19. The van der Waals surface area contributed by atoms with E-state index in [1.54, 1.807) is 52.2 Å². The quantitative estimate of drug-likeness (QED) is 0.173. The zero-order chi connectivity index (χ0) is 37.0. The summed E-state index contributed by atoms with van der Waals surface area (Å²) in [5.41, 5.74) is 0.660. The van der Waals surface area contributed by atoms with Gasteiger partial charge in [-0.3, -0.25) is 19.2 Å². The molecule has 1 fully saturated rings. The number of carbonyl (C=O) groups is 4. The van der Waals surface area contributed by atoms with E-state index in [1.165, 1.54) is 24.0 Å². The average Bonchev–Trinajstić information content (AvgIpc) is 3.47. The number of halogens is 1. The Morgan fingerprint density at radius 2 is 1.67 bits per heavy atom.